The van der Waals surface area contributed by atoms with Crippen molar-refractivity contribution in [2.24, 2.45) is 0 Å². The highest BCUT2D eigenvalue weighted by molar-refractivity contribution is 7.99. The van der Waals surface area contributed by atoms with Gasteiger partial charge in [-0.05, 0) is 31.5 Å². The Morgan fingerprint density at radius 1 is 1.38 bits per heavy atom. The summed E-state index contributed by atoms with van der Waals surface area (Å²) in [7, 11) is 3.03. The number of aliphatic hydroxyl groups excluding tert-OH is 1. The number of methoxy groups -OCH3 is 1. The zero-order valence-electron chi connectivity index (χ0n) is 17.2. The summed E-state index contributed by atoms with van der Waals surface area (Å²) >= 11 is 1.14. The topological polar surface area (TPSA) is 102 Å². The van der Waals surface area contributed by atoms with Gasteiger partial charge in [-0.3, -0.25) is 14.2 Å². The Kier molecular flexibility index (Phi) is 8.21. The first-order valence-electron chi connectivity index (χ1n) is 9.46. The van der Waals surface area contributed by atoms with Gasteiger partial charge < -0.3 is 14.7 Å². The maximum atomic E-state index is 12.9. The van der Waals surface area contributed by atoms with Crippen molar-refractivity contribution in [2.45, 2.75) is 44.5 Å². The van der Waals surface area contributed by atoms with Crippen LogP contribution in [0.5, 0.6) is 0 Å². The minimum absolute atomic E-state index is 0.0583. The predicted molar refractivity (Wildman–Crippen MR) is 112 cm³/mol. The number of carbonyl (C=O) groups excluding carboxylic acids is 2. The summed E-state index contributed by atoms with van der Waals surface area (Å²) in [5, 5.41) is 10.5. The highest BCUT2D eigenvalue weighted by atomic mass is 32.2. The summed E-state index contributed by atoms with van der Waals surface area (Å²) in [6, 6.07) is 4.52. The standard InChI is InChI=1S/C20H27N3O5S/c1-5-6-9-22(3)17(25)12-29-20-21-16-10-14(19(27)28-4)7-8-15(16)18(26)23(20)11-13(2)24/h7-8,10,13,24H,5-6,9,11-12H2,1-4H3/t13-/m0/s1. The molecule has 9 heteroatoms. The molecule has 0 fully saturated rings. The number of unbranched alkanes of at least 4 members (excludes halogenated alkanes) is 1. The zero-order valence-corrected chi connectivity index (χ0v) is 18.0. The summed E-state index contributed by atoms with van der Waals surface area (Å²) in [4.78, 5) is 43.3. The van der Waals surface area contributed by atoms with Crippen LogP contribution in [0.25, 0.3) is 10.9 Å². The van der Waals surface area contributed by atoms with Crippen LogP contribution in [0.1, 0.15) is 37.0 Å². The maximum Gasteiger partial charge on any atom is 0.337 e. The Hall–Kier alpha value is -2.39. The van der Waals surface area contributed by atoms with Gasteiger partial charge in [-0.2, -0.15) is 0 Å². The molecule has 2 aromatic rings. The molecular formula is C20H27N3O5S. The third-order valence-electron chi connectivity index (χ3n) is 4.39. The summed E-state index contributed by atoms with van der Waals surface area (Å²) in [5.74, 6) is -0.470. The van der Waals surface area contributed by atoms with Gasteiger partial charge in [0.1, 0.15) is 0 Å². The molecule has 0 spiro atoms. The van der Waals surface area contributed by atoms with Crippen molar-refractivity contribution in [1.29, 1.82) is 0 Å². The lowest BCUT2D eigenvalue weighted by atomic mass is 10.1. The first kappa shape index (κ1) is 22.9. The number of carbonyl (C=O) groups is 2. The second-order valence-corrected chi connectivity index (χ2v) is 7.78. The molecule has 1 aromatic heterocycles. The lowest BCUT2D eigenvalue weighted by Crippen LogP contribution is -2.31. The molecule has 0 saturated carbocycles. The Bertz CT molecular complexity index is 942. The molecule has 1 amide bonds. The van der Waals surface area contributed by atoms with Crippen molar-refractivity contribution in [3.8, 4) is 0 Å². The lowest BCUT2D eigenvalue weighted by Gasteiger charge is -2.18. The second-order valence-electron chi connectivity index (χ2n) is 6.84. The number of aliphatic hydroxyl groups is 1. The molecule has 0 radical (unpaired) electrons. The van der Waals surface area contributed by atoms with Crippen LogP contribution in [0.15, 0.2) is 28.2 Å². The fraction of sp³-hybridized carbons (Fsp3) is 0.500. The van der Waals surface area contributed by atoms with E-state index in [-0.39, 0.29) is 29.3 Å². The first-order valence-corrected chi connectivity index (χ1v) is 10.4. The quantitative estimate of drug-likeness (QED) is 0.375. The molecule has 0 unspecified atom stereocenters. The number of esters is 1. The molecular weight excluding hydrogens is 394 g/mol. The summed E-state index contributed by atoms with van der Waals surface area (Å²) in [6.07, 6.45) is 1.15. The lowest BCUT2D eigenvalue weighted by molar-refractivity contribution is -0.127. The van der Waals surface area contributed by atoms with Crippen LogP contribution in [0.2, 0.25) is 0 Å². The van der Waals surface area contributed by atoms with Crippen molar-refractivity contribution >= 4 is 34.5 Å². The van der Waals surface area contributed by atoms with Gasteiger partial charge in [0.15, 0.2) is 5.16 Å². The van der Waals surface area contributed by atoms with E-state index in [9.17, 15) is 19.5 Å². The van der Waals surface area contributed by atoms with Crippen molar-refractivity contribution in [3.05, 3.63) is 34.1 Å². The number of aromatic nitrogens is 2. The SMILES string of the molecule is CCCCN(C)C(=O)CSc1nc2cc(C(=O)OC)ccc2c(=O)n1C[C@H](C)O. The molecule has 0 aliphatic rings. The first-order chi connectivity index (χ1) is 13.8. The molecule has 158 valence electrons. The van der Waals surface area contributed by atoms with Crippen LogP contribution in [0.3, 0.4) is 0 Å². The van der Waals surface area contributed by atoms with Crippen molar-refractivity contribution in [2.75, 3.05) is 26.5 Å². The van der Waals surface area contributed by atoms with Crippen LogP contribution < -0.4 is 5.56 Å². The van der Waals surface area contributed by atoms with E-state index in [1.165, 1.54) is 29.9 Å². The largest absolute Gasteiger partial charge is 0.465 e. The van der Waals surface area contributed by atoms with Crippen molar-refractivity contribution in [1.82, 2.24) is 14.5 Å². The van der Waals surface area contributed by atoms with Crippen LogP contribution in [0.4, 0.5) is 0 Å². The van der Waals surface area contributed by atoms with Gasteiger partial charge in [-0.25, -0.2) is 9.78 Å². The molecule has 1 atom stereocenters. The number of benzene rings is 1. The van der Waals surface area contributed by atoms with E-state index in [4.69, 9.17) is 4.74 Å². The number of amides is 1. The molecule has 0 bridgehead atoms. The van der Waals surface area contributed by atoms with Gasteiger partial charge in [-0.1, -0.05) is 25.1 Å². The van der Waals surface area contributed by atoms with E-state index in [0.29, 0.717) is 22.6 Å². The van der Waals surface area contributed by atoms with E-state index in [0.717, 1.165) is 24.6 Å². The zero-order chi connectivity index (χ0) is 21.6. The van der Waals surface area contributed by atoms with Gasteiger partial charge >= 0.3 is 5.97 Å². The summed E-state index contributed by atoms with van der Waals surface area (Å²) in [5.41, 5.74) is 0.294. The molecule has 1 aromatic carbocycles. The normalized spacial score (nSPS) is 12.0. The van der Waals surface area contributed by atoms with Gasteiger partial charge in [-0.15, -0.1) is 0 Å². The monoisotopic (exact) mass is 421 g/mol. The maximum absolute atomic E-state index is 12.9. The molecule has 1 N–H and O–H groups in total. The third kappa shape index (κ3) is 5.80. The minimum atomic E-state index is -0.761. The summed E-state index contributed by atoms with van der Waals surface area (Å²) in [6.45, 7) is 4.37. The summed E-state index contributed by atoms with van der Waals surface area (Å²) < 4.78 is 6.09. The third-order valence-corrected chi connectivity index (χ3v) is 5.35. The van der Waals surface area contributed by atoms with Crippen LogP contribution >= 0.6 is 11.8 Å². The van der Waals surface area contributed by atoms with Gasteiger partial charge in [0, 0.05) is 13.6 Å². The van der Waals surface area contributed by atoms with Gasteiger partial charge in [0.05, 0.1) is 42.0 Å². The molecule has 0 aliphatic carbocycles. The number of hydrogen-bond acceptors (Lipinski definition) is 7. The second kappa shape index (κ2) is 10.4. The van der Waals surface area contributed by atoms with E-state index < -0.39 is 12.1 Å². The molecule has 29 heavy (non-hydrogen) atoms. The fourth-order valence-corrected chi connectivity index (χ4v) is 3.69. The van der Waals surface area contributed by atoms with Gasteiger partial charge in [0.2, 0.25) is 5.91 Å². The number of thioether (sulfide) groups is 1. The Morgan fingerprint density at radius 2 is 2.10 bits per heavy atom. The van der Waals surface area contributed by atoms with E-state index in [1.807, 2.05) is 0 Å². The van der Waals surface area contributed by atoms with E-state index in [1.54, 1.807) is 18.9 Å². The molecule has 2 rings (SSSR count). The highest BCUT2D eigenvalue weighted by Crippen LogP contribution is 2.20. The molecule has 0 aliphatic heterocycles. The number of ether oxygens (including phenoxy) is 1. The molecule has 8 nitrogen and oxygen atoms in total. The average molecular weight is 422 g/mol. The van der Waals surface area contributed by atoms with Crippen molar-refractivity contribution in [3.63, 3.8) is 0 Å². The van der Waals surface area contributed by atoms with Crippen LogP contribution in [0, 0.1) is 0 Å². The van der Waals surface area contributed by atoms with Crippen LogP contribution in [-0.4, -0.2) is 64.0 Å². The fourth-order valence-electron chi connectivity index (χ4n) is 2.74. The number of hydrogen-bond donors (Lipinski definition) is 1. The number of rotatable bonds is 9. The van der Waals surface area contributed by atoms with Crippen molar-refractivity contribution < 1.29 is 19.4 Å². The average Bonchev–Trinajstić information content (AvgIpc) is 2.71. The minimum Gasteiger partial charge on any atom is -0.465 e. The molecule has 0 saturated heterocycles. The Labute approximate surface area is 173 Å². The number of fused-ring (bicyclic) bond motifs is 1. The predicted octanol–water partition coefficient (Wildman–Crippen LogP) is 1.91. The smallest absolute Gasteiger partial charge is 0.337 e. The Balaban J connectivity index is 2.40. The number of nitrogens with zero attached hydrogens (tertiary/aromatic N) is 3. The van der Waals surface area contributed by atoms with Crippen LogP contribution in [-0.2, 0) is 16.1 Å². The Morgan fingerprint density at radius 3 is 2.72 bits per heavy atom. The van der Waals surface area contributed by atoms with E-state index in [2.05, 4.69) is 11.9 Å². The molecule has 1 heterocycles. The van der Waals surface area contributed by atoms with E-state index >= 15 is 0 Å². The van der Waals surface area contributed by atoms with Gasteiger partial charge in [0.25, 0.3) is 5.56 Å². The highest BCUT2D eigenvalue weighted by Gasteiger charge is 2.17.